The Morgan fingerprint density at radius 1 is 1.00 bits per heavy atom. The standard InChI is InChI=1S/C8H11NO9/c10-4(11)1-3(6(14)15)9-8(18,7(16)17)2-5(12)13/h3,9,18H,1-2H2,(H,10,11)(H,12,13)(H,14,15)(H,16,17). The fourth-order valence-electron chi connectivity index (χ4n) is 1.07. The molecule has 0 heterocycles. The molecule has 0 rings (SSSR count). The number of aliphatic carboxylic acids is 4. The summed E-state index contributed by atoms with van der Waals surface area (Å²) in [4.78, 5) is 42.0. The lowest BCUT2D eigenvalue weighted by molar-refractivity contribution is -0.172. The molecule has 10 nitrogen and oxygen atoms in total. The molecular weight excluding hydrogens is 254 g/mol. The second kappa shape index (κ2) is 5.93. The molecule has 0 aromatic rings. The zero-order valence-electron chi connectivity index (χ0n) is 8.86. The molecule has 18 heavy (non-hydrogen) atoms. The van der Waals surface area contributed by atoms with Gasteiger partial charge in [0.2, 0.25) is 5.72 Å². The van der Waals surface area contributed by atoms with Crippen molar-refractivity contribution in [3.05, 3.63) is 0 Å². The smallest absolute Gasteiger partial charge is 0.351 e. The van der Waals surface area contributed by atoms with Gasteiger partial charge in [0.15, 0.2) is 0 Å². The molecular formula is C8H11NO9. The number of carboxylic acids is 4. The molecule has 0 aliphatic carbocycles. The van der Waals surface area contributed by atoms with Crippen LogP contribution in [-0.4, -0.2) is 61.2 Å². The van der Waals surface area contributed by atoms with Crippen LogP contribution in [0, 0.1) is 0 Å². The lowest BCUT2D eigenvalue weighted by Gasteiger charge is -2.26. The first-order valence-electron chi connectivity index (χ1n) is 4.48. The second-order valence-corrected chi connectivity index (χ2v) is 3.37. The number of hydrogen-bond acceptors (Lipinski definition) is 6. The fourth-order valence-corrected chi connectivity index (χ4v) is 1.07. The third kappa shape index (κ3) is 4.76. The maximum atomic E-state index is 10.7. The lowest BCUT2D eigenvalue weighted by atomic mass is 10.1. The van der Waals surface area contributed by atoms with Crippen LogP contribution in [0.5, 0.6) is 0 Å². The fraction of sp³-hybridized carbons (Fsp3) is 0.500. The summed E-state index contributed by atoms with van der Waals surface area (Å²) in [5.41, 5.74) is -3.07. The van der Waals surface area contributed by atoms with E-state index in [-0.39, 0.29) is 0 Å². The summed E-state index contributed by atoms with van der Waals surface area (Å²) in [5.74, 6) is -7.02. The third-order valence-electron chi connectivity index (χ3n) is 1.85. The molecule has 102 valence electrons. The first-order valence-corrected chi connectivity index (χ1v) is 4.48. The average molecular weight is 265 g/mol. The van der Waals surface area contributed by atoms with E-state index >= 15 is 0 Å². The Balaban J connectivity index is 5.03. The van der Waals surface area contributed by atoms with Crippen LogP contribution in [0.4, 0.5) is 0 Å². The van der Waals surface area contributed by atoms with E-state index < -0.39 is 48.5 Å². The molecule has 0 amide bonds. The minimum Gasteiger partial charge on any atom is -0.481 e. The van der Waals surface area contributed by atoms with Gasteiger partial charge >= 0.3 is 23.9 Å². The minimum absolute atomic E-state index is 1.02. The summed E-state index contributed by atoms with van der Waals surface area (Å²) < 4.78 is 0. The molecule has 0 bridgehead atoms. The van der Waals surface area contributed by atoms with Crippen LogP contribution in [-0.2, 0) is 19.2 Å². The third-order valence-corrected chi connectivity index (χ3v) is 1.85. The predicted molar refractivity (Wildman–Crippen MR) is 51.7 cm³/mol. The number of hydrogen-bond donors (Lipinski definition) is 6. The number of nitrogens with one attached hydrogen (secondary N) is 1. The Morgan fingerprint density at radius 2 is 1.50 bits per heavy atom. The monoisotopic (exact) mass is 265 g/mol. The van der Waals surface area contributed by atoms with Crippen molar-refractivity contribution >= 4 is 23.9 Å². The zero-order chi connectivity index (χ0) is 14.5. The van der Waals surface area contributed by atoms with Gasteiger partial charge in [0.05, 0.1) is 12.8 Å². The molecule has 0 aromatic heterocycles. The van der Waals surface area contributed by atoms with E-state index in [9.17, 15) is 24.3 Å². The first kappa shape index (κ1) is 15.8. The van der Waals surface area contributed by atoms with Gasteiger partial charge < -0.3 is 25.5 Å². The van der Waals surface area contributed by atoms with Crippen molar-refractivity contribution in [1.29, 1.82) is 0 Å². The van der Waals surface area contributed by atoms with Gasteiger partial charge in [0, 0.05) is 0 Å². The van der Waals surface area contributed by atoms with Crippen molar-refractivity contribution < 1.29 is 44.7 Å². The van der Waals surface area contributed by atoms with Crippen LogP contribution in [0.25, 0.3) is 0 Å². The largest absolute Gasteiger partial charge is 0.481 e. The lowest BCUT2D eigenvalue weighted by Crippen LogP contribution is -2.59. The summed E-state index contributed by atoms with van der Waals surface area (Å²) in [7, 11) is 0. The molecule has 2 atom stereocenters. The maximum absolute atomic E-state index is 10.7. The summed E-state index contributed by atoms with van der Waals surface area (Å²) in [6.45, 7) is 0. The first-order chi connectivity index (χ1) is 8.08. The molecule has 0 radical (unpaired) electrons. The van der Waals surface area contributed by atoms with E-state index in [0.29, 0.717) is 0 Å². The van der Waals surface area contributed by atoms with Crippen LogP contribution in [0.1, 0.15) is 12.8 Å². The van der Waals surface area contributed by atoms with Crippen molar-refractivity contribution in [1.82, 2.24) is 5.32 Å². The summed E-state index contributed by atoms with van der Waals surface area (Å²) in [6.07, 6.45) is -2.35. The SMILES string of the molecule is O=C(O)CC(NC(O)(CC(=O)O)C(=O)O)C(=O)O. The molecule has 0 saturated heterocycles. The quantitative estimate of drug-likeness (QED) is 0.262. The number of aliphatic hydroxyl groups is 1. The van der Waals surface area contributed by atoms with E-state index in [1.54, 1.807) is 5.32 Å². The van der Waals surface area contributed by atoms with Crippen molar-refractivity contribution in [2.24, 2.45) is 0 Å². The maximum Gasteiger partial charge on any atom is 0.351 e. The van der Waals surface area contributed by atoms with Gasteiger partial charge in [-0.3, -0.25) is 19.7 Å². The summed E-state index contributed by atoms with van der Waals surface area (Å²) in [6, 6.07) is -1.94. The highest BCUT2D eigenvalue weighted by Gasteiger charge is 2.42. The van der Waals surface area contributed by atoms with Crippen molar-refractivity contribution in [3.63, 3.8) is 0 Å². The Labute approximate surface area is 99.5 Å². The van der Waals surface area contributed by atoms with Crippen LogP contribution >= 0.6 is 0 Å². The highest BCUT2D eigenvalue weighted by atomic mass is 16.4. The Bertz CT molecular complexity index is 379. The highest BCUT2D eigenvalue weighted by molar-refractivity contribution is 5.85. The van der Waals surface area contributed by atoms with E-state index in [1.807, 2.05) is 0 Å². The van der Waals surface area contributed by atoms with Gasteiger partial charge in [-0.1, -0.05) is 0 Å². The van der Waals surface area contributed by atoms with Crippen molar-refractivity contribution in [2.45, 2.75) is 24.6 Å². The number of rotatable bonds is 8. The molecule has 2 unspecified atom stereocenters. The molecule has 0 aliphatic heterocycles. The van der Waals surface area contributed by atoms with Crippen molar-refractivity contribution in [2.75, 3.05) is 0 Å². The van der Waals surface area contributed by atoms with Crippen LogP contribution < -0.4 is 5.32 Å². The highest BCUT2D eigenvalue weighted by Crippen LogP contribution is 2.10. The van der Waals surface area contributed by atoms with Gasteiger partial charge in [-0.25, -0.2) is 4.79 Å². The van der Waals surface area contributed by atoms with Crippen molar-refractivity contribution in [3.8, 4) is 0 Å². The average Bonchev–Trinajstić information content (AvgIpc) is 2.13. The molecule has 0 saturated carbocycles. The topological polar surface area (TPSA) is 181 Å². The minimum atomic E-state index is -3.07. The van der Waals surface area contributed by atoms with Crippen LogP contribution in [0.3, 0.4) is 0 Å². The Hall–Kier alpha value is -2.20. The van der Waals surface area contributed by atoms with Gasteiger partial charge in [-0.15, -0.1) is 0 Å². The molecule has 6 N–H and O–H groups in total. The predicted octanol–water partition coefficient (Wildman–Crippen LogP) is -2.25. The van der Waals surface area contributed by atoms with E-state index in [4.69, 9.17) is 20.4 Å². The van der Waals surface area contributed by atoms with E-state index in [2.05, 4.69) is 0 Å². The molecule has 10 heteroatoms. The Morgan fingerprint density at radius 3 is 1.78 bits per heavy atom. The molecule has 0 aliphatic rings. The molecule has 0 aromatic carbocycles. The summed E-state index contributed by atoms with van der Waals surface area (Å²) in [5, 5.41) is 45.1. The second-order valence-electron chi connectivity index (χ2n) is 3.37. The number of carbonyl (C=O) groups is 4. The van der Waals surface area contributed by atoms with Crippen LogP contribution in [0.15, 0.2) is 0 Å². The van der Waals surface area contributed by atoms with Gasteiger partial charge in [0.25, 0.3) is 0 Å². The Kier molecular flexibility index (Phi) is 5.21. The molecule has 0 spiro atoms. The van der Waals surface area contributed by atoms with E-state index in [1.165, 1.54) is 0 Å². The molecule has 0 fully saturated rings. The number of carboxylic acid groups (broad SMARTS) is 4. The van der Waals surface area contributed by atoms with Gasteiger partial charge in [-0.05, 0) is 0 Å². The van der Waals surface area contributed by atoms with Crippen LogP contribution in [0.2, 0.25) is 0 Å². The van der Waals surface area contributed by atoms with Gasteiger partial charge in [0.1, 0.15) is 6.04 Å². The normalized spacial score (nSPS) is 15.4. The summed E-state index contributed by atoms with van der Waals surface area (Å²) >= 11 is 0. The van der Waals surface area contributed by atoms with Gasteiger partial charge in [-0.2, -0.15) is 0 Å². The zero-order valence-corrected chi connectivity index (χ0v) is 8.86. The van der Waals surface area contributed by atoms with E-state index in [0.717, 1.165) is 0 Å².